The number of hydrogen-bond donors (Lipinski definition) is 1. The minimum atomic E-state index is -0.512. The normalized spacial score (nSPS) is 16.8. The van der Waals surface area contributed by atoms with Gasteiger partial charge in [-0.2, -0.15) is 0 Å². The van der Waals surface area contributed by atoms with Gasteiger partial charge in [0, 0.05) is 31.0 Å². The van der Waals surface area contributed by atoms with Gasteiger partial charge in [-0.3, -0.25) is 4.98 Å². The van der Waals surface area contributed by atoms with Gasteiger partial charge in [-0.15, -0.1) is 0 Å². The van der Waals surface area contributed by atoms with Gasteiger partial charge in [-0.05, 0) is 56.0 Å². The average molecular weight is 413 g/mol. The second-order valence-electron chi connectivity index (χ2n) is 8.46. The van der Waals surface area contributed by atoms with Crippen LogP contribution in [-0.2, 0) is 11.3 Å². The third kappa shape index (κ3) is 5.49. The van der Waals surface area contributed by atoms with Crippen LogP contribution < -0.4 is 10.5 Å². The van der Waals surface area contributed by atoms with Crippen molar-refractivity contribution in [3.63, 3.8) is 0 Å². The predicted octanol–water partition coefficient (Wildman–Crippen LogP) is 4.65. The molecule has 1 aromatic heterocycles. The molecule has 0 aliphatic carbocycles. The van der Waals surface area contributed by atoms with E-state index in [1.807, 2.05) is 39.0 Å². The van der Waals surface area contributed by atoms with Crippen LogP contribution in [0.25, 0.3) is 5.57 Å². The Balaban J connectivity index is 1.62. The topological polar surface area (TPSA) is 77.7 Å². The number of aromatic nitrogens is 1. The first-order chi connectivity index (χ1) is 14.1. The van der Waals surface area contributed by atoms with E-state index in [1.165, 1.54) is 12.1 Å². The zero-order chi connectivity index (χ0) is 21.9. The number of ether oxygens (including phenoxy) is 2. The van der Waals surface area contributed by atoms with E-state index in [0.29, 0.717) is 24.5 Å². The second-order valence-corrected chi connectivity index (χ2v) is 8.46. The molecular weight excluding hydrogens is 385 g/mol. The Labute approximate surface area is 176 Å². The Morgan fingerprint density at radius 1 is 1.30 bits per heavy atom. The number of carbonyl (C=O) groups is 1. The average Bonchev–Trinajstić information content (AvgIpc) is 2.66. The fourth-order valence-corrected chi connectivity index (χ4v) is 3.26. The molecule has 1 aromatic carbocycles. The zero-order valence-electron chi connectivity index (χ0n) is 17.8. The molecule has 0 radical (unpaired) electrons. The zero-order valence-corrected chi connectivity index (χ0v) is 17.8. The molecule has 2 aromatic rings. The summed E-state index contributed by atoms with van der Waals surface area (Å²) in [5.74, 6) is -0.206. The Kier molecular flexibility index (Phi) is 6.29. The van der Waals surface area contributed by atoms with Gasteiger partial charge < -0.3 is 20.1 Å². The molecule has 0 bridgehead atoms. The molecule has 160 valence electrons. The number of rotatable bonds is 4. The maximum Gasteiger partial charge on any atom is 0.410 e. The highest BCUT2D eigenvalue weighted by molar-refractivity contribution is 5.73. The number of anilines is 1. The number of halogens is 1. The number of nitrogen functional groups attached to an aromatic ring is 1. The summed E-state index contributed by atoms with van der Waals surface area (Å²) >= 11 is 0. The standard InChI is InChI=1S/C23H28FN3O3/c1-15-13-27(22(28)30-23(2,3)4)10-9-19(15)16-5-7-18(26-12-16)14-29-21-8-6-17(25)11-20(21)24/h5-9,11-12,15H,10,13-14,25H2,1-4H3. The molecule has 6 nitrogen and oxygen atoms in total. The van der Waals surface area contributed by atoms with Crippen LogP contribution in [0.3, 0.4) is 0 Å². The molecule has 1 aliphatic heterocycles. The SMILES string of the molecule is CC1CN(C(=O)OC(C)(C)C)CC=C1c1ccc(COc2ccc(N)cc2F)nc1. The summed E-state index contributed by atoms with van der Waals surface area (Å²) in [4.78, 5) is 18.4. The van der Waals surface area contributed by atoms with Gasteiger partial charge in [0.25, 0.3) is 0 Å². The highest BCUT2D eigenvalue weighted by Crippen LogP contribution is 2.28. The van der Waals surface area contributed by atoms with Crippen molar-refractivity contribution in [1.82, 2.24) is 9.88 Å². The first-order valence-electron chi connectivity index (χ1n) is 9.93. The molecule has 1 aliphatic rings. The van der Waals surface area contributed by atoms with Crippen molar-refractivity contribution < 1.29 is 18.7 Å². The van der Waals surface area contributed by atoms with Crippen LogP contribution in [0.5, 0.6) is 5.75 Å². The van der Waals surface area contributed by atoms with Crippen molar-refractivity contribution in [3.8, 4) is 5.75 Å². The van der Waals surface area contributed by atoms with Crippen molar-refractivity contribution in [1.29, 1.82) is 0 Å². The van der Waals surface area contributed by atoms with Crippen molar-refractivity contribution in [2.75, 3.05) is 18.8 Å². The largest absolute Gasteiger partial charge is 0.484 e. The van der Waals surface area contributed by atoms with Gasteiger partial charge in [0.2, 0.25) is 0 Å². The number of nitrogens with two attached hydrogens (primary N) is 1. The Morgan fingerprint density at radius 2 is 2.07 bits per heavy atom. The van der Waals surface area contributed by atoms with Gasteiger partial charge in [0.15, 0.2) is 11.6 Å². The van der Waals surface area contributed by atoms with E-state index < -0.39 is 11.4 Å². The van der Waals surface area contributed by atoms with Crippen molar-refractivity contribution in [2.24, 2.45) is 5.92 Å². The molecule has 2 heterocycles. The molecule has 1 atom stereocenters. The molecule has 0 spiro atoms. The summed E-state index contributed by atoms with van der Waals surface area (Å²) in [6, 6.07) is 8.15. The van der Waals surface area contributed by atoms with Crippen LogP contribution >= 0.6 is 0 Å². The maximum absolute atomic E-state index is 13.8. The Morgan fingerprint density at radius 3 is 2.67 bits per heavy atom. The van der Waals surface area contributed by atoms with Crippen LogP contribution in [-0.4, -0.2) is 34.7 Å². The van der Waals surface area contributed by atoms with Crippen LogP contribution in [0.15, 0.2) is 42.6 Å². The van der Waals surface area contributed by atoms with Crippen molar-refractivity contribution in [2.45, 2.75) is 39.9 Å². The summed E-state index contributed by atoms with van der Waals surface area (Å²) in [7, 11) is 0. The van der Waals surface area contributed by atoms with Crippen LogP contribution in [0.1, 0.15) is 39.0 Å². The highest BCUT2D eigenvalue weighted by atomic mass is 19.1. The maximum atomic E-state index is 13.8. The van der Waals surface area contributed by atoms with Gasteiger partial charge in [-0.25, -0.2) is 9.18 Å². The van der Waals surface area contributed by atoms with Crippen LogP contribution in [0.2, 0.25) is 0 Å². The minimum Gasteiger partial charge on any atom is -0.484 e. The van der Waals surface area contributed by atoms with Gasteiger partial charge >= 0.3 is 6.09 Å². The molecule has 1 amide bonds. The van der Waals surface area contributed by atoms with Crippen LogP contribution in [0, 0.1) is 11.7 Å². The van der Waals surface area contributed by atoms with E-state index in [2.05, 4.69) is 11.9 Å². The first-order valence-corrected chi connectivity index (χ1v) is 9.93. The second kappa shape index (κ2) is 8.73. The molecule has 7 heteroatoms. The van der Waals surface area contributed by atoms with Gasteiger partial charge in [0.05, 0.1) is 5.69 Å². The van der Waals surface area contributed by atoms with Gasteiger partial charge in [0.1, 0.15) is 12.2 Å². The summed E-state index contributed by atoms with van der Waals surface area (Å²) in [5.41, 5.74) is 8.20. The van der Waals surface area contributed by atoms with E-state index in [1.54, 1.807) is 17.2 Å². The quantitative estimate of drug-likeness (QED) is 0.738. The first kappa shape index (κ1) is 21.6. The molecular formula is C23H28FN3O3. The van der Waals surface area contributed by atoms with Crippen molar-refractivity contribution >= 4 is 17.4 Å². The molecule has 0 saturated heterocycles. The third-order valence-corrected chi connectivity index (χ3v) is 4.70. The lowest BCUT2D eigenvalue weighted by atomic mass is 9.91. The number of pyridine rings is 1. The Hall–Kier alpha value is -3.09. The lowest BCUT2D eigenvalue weighted by molar-refractivity contribution is 0.0252. The highest BCUT2D eigenvalue weighted by Gasteiger charge is 2.27. The van der Waals surface area contributed by atoms with E-state index in [-0.39, 0.29) is 24.4 Å². The van der Waals surface area contributed by atoms with Gasteiger partial charge in [-0.1, -0.05) is 19.1 Å². The van der Waals surface area contributed by atoms with E-state index >= 15 is 0 Å². The number of hydrogen-bond acceptors (Lipinski definition) is 5. The summed E-state index contributed by atoms with van der Waals surface area (Å²) in [5, 5.41) is 0. The molecule has 1 unspecified atom stereocenters. The number of nitrogens with zero attached hydrogens (tertiary/aromatic N) is 2. The monoisotopic (exact) mass is 413 g/mol. The molecule has 3 rings (SSSR count). The van der Waals surface area contributed by atoms with E-state index in [9.17, 15) is 9.18 Å². The number of carbonyl (C=O) groups excluding carboxylic acids is 1. The summed E-state index contributed by atoms with van der Waals surface area (Å²) in [6.45, 7) is 8.89. The lowest BCUT2D eigenvalue weighted by Gasteiger charge is -2.33. The van der Waals surface area contributed by atoms with Crippen LogP contribution in [0.4, 0.5) is 14.9 Å². The molecule has 30 heavy (non-hydrogen) atoms. The smallest absolute Gasteiger partial charge is 0.410 e. The molecule has 2 N–H and O–H groups in total. The molecule has 0 fully saturated rings. The number of benzene rings is 1. The van der Waals surface area contributed by atoms with E-state index in [0.717, 1.165) is 11.1 Å². The van der Waals surface area contributed by atoms with E-state index in [4.69, 9.17) is 15.2 Å². The van der Waals surface area contributed by atoms with Crippen molar-refractivity contribution in [3.05, 3.63) is 59.7 Å². The lowest BCUT2D eigenvalue weighted by Crippen LogP contribution is -2.41. The fraction of sp³-hybridized carbons (Fsp3) is 0.391. The summed E-state index contributed by atoms with van der Waals surface area (Å²) < 4.78 is 24.8. The number of amides is 1. The Bertz CT molecular complexity index is 936. The third-order valence-electron chi connectivity index (χ3n) is 4.70. The molecule has 0 saturated carbocycles. The summed E-state index contributed by atoms with van der Waals surface area (Å²) in [6.07, 6.45) is 3.52. The fourth-order valence-electron chi connectivity index (χ4n) is 3.26. The minimum absolute atomic E-state index is 0.140. The predicted molar refractivity (Wildman–Crippen MR) is 114 cm³/mol.